The summed E-state index contributed by atoms with van der Waals surface area (Å²) in [4.78, 5) is 4.49. The highest BCUT2D eigenvalue weighted by atomic mass is 35.5. The molecule has 0 radical (unpaired) electrons. The standard InChI is InChI=1S/C20H14Cl2N2O/c21-15-5-1-13(2-6-15)12-23-17-8-3-14(4-9-17)20-24-18-11-16(22)7-10-19(18)25-20/h1-11,23H,12H2. The van der Waals surface area contributed by atoms with E-state index in [9.17, 15) is 0 Å². The van der Waals surface area contributed by atoms with Crippen molar-refractivity contribution in [1.29, 1.82) is 0 Å². The number of halogens is 2. The van der Waals surface area contributed by atoms with Crippen LogP contribution in [0.3, 0.4) is 0 Å². The summed E-state index contributed by atoms with van der Waals surface area (Å²) < 4.78 is 5.79. The zero-order valence-electron chi connectivity index (χ0n) is 13.2. The summed E-state index contributed by atoms with van der Waals surface area (Å²) >= 11 is 11.9. The van der Waals surface area contributed by atoms with Gasteiger partial charge in [-0.05, 0) is 60.2 Å². The lowest BCUT2D eigenvalue weighted by Gasteiger charge is -2.07. The van der Waals surface area contributed by atoms with Gasteiger partial charge in [-0.25, -0.2) is 4.98 Å². The Morgan fingerprint density at radius 1 is 0.840 bits per heavy atom. The highest BCUT2D eigenvalue weighted by Crippen LogP contribution is 2.27. The predicted molar refractivity (Wildman–Crippen MR) is 103 cm³/mol. The average molecular weight is 369 g/mol. The van der Waals surface area contributed by atoms with Gasteiger partial charge >= 0.3 is 0 Å². The number of aromatic nitrogens is 1. The molecule has 0 fully saturated rings. The molecule has 0 unspecified atom stereocenters. The summed E-state index contributed by atoms with van der Waals surface area (Å²) in [7, 11) is 0. The summed E-state index contributed by atoms with van der Waals surface area (Å²) in [6.45, 7) is 0.734. The number of hydrogen-bond acceptors (Lipinski definition) is 3. The SMILES string of the molecule is Clc1ccc(CNc2ccc(-c3nc4cc(Cl)ccc4o3)cc2)cc1. The zero-order chi connectivity index (χ0) is 17.2. The second kappa shape index (κ2) is 6.79. The maximum Gasteiger partial charge on any atom is 0.227 e. The second-order valence-corrected chi connectivity index (χ2v) is 6.56. The fourth-order valence-corrected chi connectivity index (χ4v) is 2.85. The minimum absolute atomic E-state index is 0.585. The van der Waals surface area contributed by atoms with Gasteiger partial charge < -0.3 is 9.73 Å². The Labute approximate surface area is 155 Å². The summed E-state index contributed by atoms with van der Waals surface area (Å²) in [5, 5.41) is 4.77. The molecule has 0 bridgehead atoms. The van der Waals surface area contributed by atoms with Crippen LogP contribution in [0, 0.1) is 0 Å². The van der Waals surface area contributed by atoms with Gasteiger partial charge in [0.25, 0.3) is 0 Å². The first-order valence-corrected chi connectivity index (χ1v) is 8.58. The first-order valence-electron chi connectivity index (χ1n) is 7.82. The van der Waals surface area contributed by atoms with Gasteiger partial charge in [0.15, 0.2) is 5.58 Å². The molecule has 0 aliphatic heterocycles. The molecule has 4 rings (SSSR count). The van der Waals surface area contributed by atoms with Crippen molar-refractivity contribution in [3.8, 4) is 11.5 Å². The Balaban J connectivity index is 1.49. The quantitative estimate of drug-likeness (QED) is 0.451. The van der Waals surface area contributed by atoms with Gasteiger partial charge in [-0.15, -0.1) is 0 Å². The summed E-state index contributed by atoms with van der Waals surface area (Å²) in [6, 6.07) is 21.2. The molecule has 0 atom stereocenters. The maximum absolute atomic E-state index is 5.99. The molecule has 5 heteroatoms. The normalized spacial score (nSPS) is 11.0. The number of hydrogen-bond donors (Lipinski definition) is 1. The van der Waals surface area contributed by atoms with Crippen LogP contribution in [0.5, 0.6) is 0 Å². The molecule has 1 heterocycles. The average Bonchev–Trinajstić information content (AvgIpc) is 3.05. The van der Waals surface area contributed by atoms with Crippen LogP contribution in [-0.4, -0.2) is 4.98 Å². The lowest BCUT2D eigenvalue weighted by atomic mass is 10.2. The number of oxazole rings is 1. The molecule has 0 aliphatic rings. The van der Waals surface area contributed by atoms with Crippen molar-refractivity contribution in [2.24, 2.45) is 0 Å². The van der Waals surface area contributed by atoms with Gasteiger partial charge in [0.2, 0.25) is 5.89 Å². The third kappa shape index (κ3) is 3.63. The first kappa shape index (κ1) is 16.0. The van der Waals surface area contributed by atoms with Crippen molar-refractivity contribution >= 4 is 40.0 Å². The van der Waals surface area contributed by atoms with E-state index < -0.39 is 0 Å². The molecule has 1 aromatic heterocycles. The molecule has 124 valence electrons. The third-order valence-corrected chi connectivity index (χ3v) is 4.38. The minimum Gasteiger partial charge on any atom is -0.436 e. The fourth-order valence-electron chi connectivity index (χ4n) is 2.56. The molecule has 0 aliphatic carbocycles. The molecular formula is C20H14Cl2N2O. The molecule has 0 saturated carbocycles. The van der Waals surface area contributed by atoms with Gasteiger partial charge in [-0.3, -0.25) is 0 Å². The van der Waals surface area contributed by atoms with Crippen LogP contribution in [0.15, 0.2) is 71.1 Å². The smallest absolute Gasteiger partial charge is 0.227 e. The molecule has 3 aromatic carbocycles. The number of rotatable bonds is 4. The van der Waals surface area contributed by atoms with Crippen LogP contribution < -0.4 is 5.32 Å². The Bertz CT molecular complexity index is 1010. The third-order valence-electron chi connectivity index (χ3n) is 3.89. The van der Waals surface area contributed by atoms with E-state index in [0.29, 0.717) is 10.9 Å². The van der Waals surface area contributed by atoms with Crippen molar-refractivity contribution in [2.75, 3.05) is 5.32 Å². The molecular weight excluding hydrogens is 355 g/mol. The van der Waals surface area contributed by atoms with E-state index in [1.165, 1.54) is 5.56 Å². The molecule has 3 nitrogen and oxygen atoms in total. The van der Waals surface area contributed by atoms with E-state index in [1.54, 1.807) is 12.1 Å². The number of nitrogens with one attached hydrogen (secondary N) is 1. The zero-order valence-corrected chi connectivity index (χ0v) is 14.7. The van der Waals surface area contributed by atoms with Gasteiger partial charge in [0.05, 0.1) is 0 Å². The van der Waals surface area contributed by atoms with Crippen LogP contribution >= 0.6 is 23.2 Å². The van der Waals surface area contributed by atoms with Crippen LogP contribution in [0.2, 0.25) is 10.0 Å². The lowest BCUT2D eigenvalue weighted by molar-refractivity contribution is 0.620. The lowest BCUT2D eigenvalue weighted by Crippen LogP contribution is -1.98. The Kier molecular flexibility index (Phi) is 4.35. The van der Waals surface area contributed by atoms with Gasteiger partial charge in [0, 0.05) is 27.8 Å². The van der Waals surface area contributed by atoms with Crippen molar-refractivity contribution in [1.82, 2.24) is 4.98 Å². The van der Waals surface area contributed by atoms with E-state index in [1.807, 2.05) is 54.6 Å². The fraction of sp³-hybridized carbons (Fsp3) is 0.0500. The molecule has 1 N–H and O–H groups in total. The maximum atomic E-state index is 5.99. The molecule has 0 spiro atoms. The number of anilines is 1. The highest BCUT2D eigenvalue weighted by Gasteiger charge is 2.08. The van der Waals surface area contributed by atoms with Crippen LogP contribution in [0.4, 0.5) is 5.69 Å². The molecule has 0 amide bonds. The van der Waals surface area contributed by atoms with Crippen LogP contribution in [-0.2, 0) is 6.54 Å². The van der Waals surface area contributed by atoms with Gasteiger partial charge in [0.1, 0.15) is 5.52 Å². The summed E-state index contributed by atoms with van der Waals surface area (Å²) in [5.41, 5.74) is 4.60. The van der Waals surface area contributed by atoms with Crippen LogP contribution in [0.25, 0.3) is 22.6 Å². The number of benzene rings is 3. The van der Waals surface area contributed by atoms with E-state index in [2.05, 4.69) is 10.3 Å². The van der Waals surface area contributed by atoms with Crippen molar-refractivity contribution in [2.45, 2.75) is 6.54 Å². The van der Waals surface area contributed by atoms with E-state index in [4.69, 9.17) is 27.6 Å². The number of fused-ring (bicyclic) bond motifs is 1. The van der Waals surface area contributed by atoms with Crippen molar-refractivity contribution in [3.63, 3.8) is 0 Å². The topological polar surface area (TPSA) is 38.1 Å². The minimum atomic E-state index is 0.585. The number of nitrogens with zero attached hydrogens (tertiary/aromatic N) is 1. The van der Waals surface area contributed by atoms with E-state index in [-0.39, 0.29) is 0 Å². The van der Waals surface area contributed by atoms with E-state index in [0.717, 1.165) is 33.9 Å². The first-order chi connectivity index (χ1) is 12.2. The van der Waals surface area contributed by atoms with Gasteiger partial charge in [-0.1, -0.05) is 35.3 Å². The summed E-state index contributed by atoms with van der Waals surface area (Å²) in [6.07, 6.45) is 0. The van der Waals surface area contributed by atoms with Crippen LogP contribution in [0.1, 0.15) is 5.56 Å². The largest absolute Gasteiger partial charge is 0.436 e. The van der Waals surface area contributed by atoms with Gasteiger partial charge in [-0.2, -0.15) is 0 Å². The summed E-state index contributed by atoms with van der Waals surface area (Å²) in [5.74, 6) is 0.585. The Morgan fingerprint density at radius 2 is 1.56 bits per heavy atom. The second-order valence-electron chi connectivity index (χ2n) is 5.69. The Hall–Kier alpha value is -2.49. The highest BCUT2D eigenvalue weighted by molar-refractivity contribution is 6.31. The van der Waals surface area contributed by atoms with Crippen molar-refractivity contribution in [3.05, 3.63) is 82.3 Å². The predicted octanol–water partition coefficient (Wildman–Crippen LogP) is 6.41. The molecule has 0 saturated heterocycles. The monoisotopic (exact) mass is 368 g/mol. The Morgan fingerprint density at radius 3 is 2.32 bits per heavy atom. The molecule has 4 aromatic rings. The van der Waals surface area contributed by atoms with Crippen molar-refractivity contribution < 1.29 is 4.42 Å². The van der Waals surface area contributed by atoms with E-state index >= 15 is 0 Å². The molecule has 25 heavy (non-hydrogen) atoms.